The van der Waals surface area contributed by atoms with E-state index in [1.165, 1.54) is 0 Å². The van der Waals surface area contributed by atoms with E-state index in [1.54, 1.807) is 20.8 Å². The molecule has 1 atom stereocenters. The number of hydrogen-bond acceptors (Lipinski definition) is 5. The molecule has 5 nitrogen and oxygen atoms in total. The summed E-state index contributed by atoms with van der Waals surface area (Å²) in [5.41, 5.74) is 0. The van der Waals surface area contributed by atoms with Gasteiger partial charge in [-0.2, -0.15) is 0 Å². The van der Waals surface area contributed by atoms with Crippen LogP contribution < -0.4 is 0 Å². The summed E-state index contributed by atoms with van der Waals surface area (Å²) in [6.45, 7) is 6.01. The van der Waals surface area contributed by atoms with Gasteiger partial charge in [-0.3, -0.25) is 0 Å². The second-order valence-corrected chi connectivity index (χ2v) is 13.3. The van der Waals surface area contributed by atoms with Crippen molar-refractivity contribution in [3.8, 4) is 0 Å². The standard InChI is InChI=1S/C6H15Cl2O5PSSe/c1-4-10-14(16-8,11-5-2,12-6-3)13-15(7)9/h4-6H2,1-3H3. The van der Waals surface area contributed by atoms with Gasteiger partial charge in [-0.25, -0.2) is 0 Å². The second-order valence-electron chi connectivity index (χ2n) is 2.34. The van der Waals surface area contributed by atoms with Gasteiger partial charge in [0, 0.05) is 0 Å². The summed E-state index contributed by atoms with van der Waals surface area (Å²) < 4.78 is 32.5. The molecule has 0 aromatic heterocycles. The van der Waals surface area contributed by atoms with E-state index in [1.807, 2.05) is 0 Å². The van der Waals surface area contributed by atoms with Crippen molar-refractivity contribution in [2.45, 2.75) is 20.8 Å². The van der Waals surface area contributed by atoms with Crippen molar-refractivity contribution in [3.05, 3.63) is 0 Å². The Bertz CT molecular complexity index is 227. The molecule has 0 aliphatic rings. The zero-order valence-electron chi connectivity index (χ0n) is 9.18. The quantitative estimate of drug-likeness (QED) is 0.350. The summed E-state index contributed by atoms with van der Waals surface area (Å²) in [6, 6.07) is 0. The zero-order chi connectivity index (χ0) is 12.7. The number of hydrogen-bond donors (Lipinski definition) is 0. The molecule has 0 N–H and O–H groups in total. The molecule has 0 saturated carbocycles. The van der Waals surface area contributed by atoms with Crippen molar-refractivity contribution in [1.29, 1.82) is 0 Å². The summed E-state index contributed by atoms with van der Waals surface area (Å²) in [4.78, 5) is 0. The van der Waals surface area contributed by atoms with Crippen LogP contribution in [0.15, 0.2) is 0 Å². The van der Waals surface area contributed by atoms with E-state index < -0.39 is 30.1 Å². The molecule has 10 heteroatoms. The maximum absolute atomic E-state index is 11.0. The van der Waals surface area contributed by atoms with Gasteiger partial charge in [-0.15, -0.1) is 0 Å². The number of halogens is 2. The minimum atomic E-state index is -3.97. The first-order valence-corrected chi connectivity index (χ1v) is 12.8. The van der Waals surface area contributed by atoms with Gasteiger partial charge in [0.2, 0.25) is 0 Å². The van der Waals surface area contributed by atoms with Crippen molar-refractivity contribution in [3.63, 3.8) is 0 Å². The summed E-state index contributed by atoms with van der Waals surface area (Å²) >= 11 is -0.793. The van der Waals surface area contributed by atoms with Crippen LogP contribution in [0.5, 0.6) is 0 Å². The van der Waals surface area contributed by atoms with Crippen LogP contribution in [0.25, 0.3) is 0 Å². The van der Waals surface area contributed by atoms with Crippen molar-refractivity contribution >= 4 is 50.9 Å². The molecule has 0 bridgehead atoms. The van der Waals surface area contributed by atoms with Crippen LogP contribution in [-0.2, 0) is 27.8 Å². The van der Waals surface area contributed by atoms with E-state index in [0.717, 1.165) is 0 Å². The first-order chi connectivity index (χ1) is 7.47. The molecule has 0 heterocycles. The minimum absolute atomic E-state index is 0.264. The van der Waals surface area contributed by atoms with Crippen molar-refractivity contribution < 1.29 is 21.8 Å². The molecule has 100 valence electrons. The van der Waals surface area contributed by atoms with Crippen LogP contribution in [0, 0.1) is 0 Å². The predicted molar refractivity (Wildman–Crippen MR) is 68.5 cm³/mol. The summed E-state index contributed by atoms with van der Waals surface area (Å²) in [5, 5.41) is 0. The van der Waals surface area contributed by atoms with E-state index in [0.29, 0.717) is 0 Å². The Kier molecular flexibility index (Phi) is 8.59. The molecule has 0 fully saturated rings. The Morgan fingerprint density at radius 2 is 1.50 bits per heavy atom. The fourth-order valence-electron chi connectivity index (χ4n) is 0.976. The fourth-order valence-corrected chi connectivity index (χ4v) is 12.7. The zero-order valence-corrected chi connectivity index (χ0v) is 14.1. The Morgan fingerprint density at radius 3 is 1.69 bits per heavy atom. The van der Waals surface area contributed by atoms with Crippen LogP contribution >= 0.6 is 27.0 Å². The Labute approximate surface area is 113 Å². The van der Waals surface area contributed by atoms with Crippen LogP contribution in [-0.4, -0.2) is 37.6 Å². The molecule has 0 aromatic rings. The molecule has 0 aromatic carbocycles. The molecule has 0 spiro atoms. The summed E-state index contributed by atoms with van der Waals surface area (Å²) in [7, 11) is 9.13. The van der Waals surface area contributed by atoms with Crippen molar-refractivity contribution in [2.75, 3.05) is 19.8 Å². The first kappa shape index (κ1) is 17.5. The molecular formula is C6H15Cl2O5PSSe. The topological polar surface area (TPSA) is 54.0 Å². The van der Waals surface area contributed by atoms with Gasteiger partial charge in [0.05, 0.1) is 0 Å². The molecule has 0 saturated heterocycles. The van der Waals surface area contributed by atoms with Crippen molar-refractivity contribution in [2.24, 2.45) is 0 Å². The third-order valence-corrected chi connectivity index (χ3v) is 13.6. The van der Waals surface area contributed by atoms with Gasteiger partial charge in [-0.05, 0) is 0 Å². The first-order valence-electron chi connectivity index (χ1n) is 4.54. The van der Waals surface area contributed by atoms with E-state index in [-0.39, 0.29) is 19.8 Å². The van der Waals surface area contributed by atoms with Crippen LogP contribution in [0.1, 0.15) is 20.8 Å². The van der Waals surface area contributed by atoms with Crippen LogP contribution in [0.3, 0.4) is 0 Å². The number of rotatable bonds is 9. The third kappa shape index (κ3) is 4.65. The van der Waals surface area contributed by atoms with E-state index >= 15 is 0 Å². The molecule has 16 heavy (non-hydrogen) atoms. The summed E-state index contributed by atoms with van der Waals surface area (Å²) in [6.07, 6.45) is -3.97. The Balaban J connectivity index is 5.21. The fraction of sp³-hybridized carbons (Fsp3) is 1.00. The Hall–Kier alpha value is 1.52. The Morgan fingerprint density at radius 1 is 1.12 bits per heavy atom. The van der Waals surface area contributed by atoms with Gasteiger partial charge in [0.1, 0.15) is 0 Å². The molecule has 1 unspecified atom stereocenters. The molecule has 0 radical (unpaired) electrons. The van der Waals surface area contributed by atoms with E-state index in [9.17, 15) is 4.21 Å². The normalized spacial score (nSPS) is 16.7. The van der Waals surface area contributed by atoms with Crippen LogP contribution in [0.2, 0.25) is 0 Å². The summed E-state index contributed by atoms with van der Waals surface area (Å²) in [5.74, 6) is 0. The third-order valence-electron chi connectivity index (χ3n) is 1.31. The molecular weight excluding hydrogens is 365 g/mol. The second kappa shape index (κ2) is 7.85. The maximum atomic E-state index is 11.0. The molecule has 0 amide bonds. The van der Waals surface area contributed by atoms with Gasteiger partial charge < -0.3 is 0 Å². The van der Waals surface area contributed by atoms with Gasteiger partial charge in [0.15, 0.2) is 0 Å². The van der Waals surface area contributed by atoms with E-state index in [2.05, 4.69) is 0 Å². The molecule has 0 rings (SSSR count). The van der Waals surface area contributed by atoms with Gasteiger partial charge in [0.25, 0.3) is 0 Å². The van der Waals surface area contributed by atoms with Crippen molar-refractivity contribution in [1.82, 2.24) is 0 Å². The SMILES string of the molecule is CCOP(OCC)(OCC)(OS(=O)Cl)[Se]Cl. The molecule has 0 aliphatic carbocycles. The monoisotopic (exact) mass is 380 g/mol. The van der Waals surface area contributed by atoms with Gasteiger partial charge in [-0.1, -0.05) is 0 Å². The van der Waals surface area contributed by atoms with Crippen LogP contribution in [0.4, 0.5) is 0 Å². The average Bonchev–Trinajstić information content (AvgIpc) is 2.18. The molecule has 0 aliphatic heterocycles. The van der Waals surface area contributed by atoms with E-state index in [4.69, 9.17) is 38.3 Å². The average molecular weight is 380 g/mol. The predicted octanol–water partition coefficient (Wildman–Crippen LogP) is 2.92. The van der Waals surface area contributed by atoms with Gasteiger partial charge >= 0.3 is 113 Å².